The summed E-state index contributed by atoms with van der Waals surface area (Å²) in [5, 5.41) is 1.27. The molecule has 0 bridgehead atoms. The van der Waals surface area contributed by atoms with Gasteiger partial charge in [0.2, 0.25) is 5.91 Å². The molecule has 0 aliphatic carbocycles. The Hall–Kier alpha value is -1.13. The Kier molecular flexibility index (Phi) is 2.17. The molecule has 2 rings (SSSR count). The topological polar surface area (TPSA) is 56.0 Å². The fourth-order valence-corrected chi connectivity index (χ4v) is 2.45. The van der Waals surface area contributed by atoms with Crippen molar-refractivity contribution in [2.45, 2.75) is 6.92 Å². The van der Waals surface area contributed by atoms with E-state index < -0.39 is 5.91 Å². The van der Waals surface area contributed by atoms with Gasteiger partial charge in [-0.1, -0.05) is 11.6 Å². The Morgan fingerprint density at radius 2 is 2.29 bits per heavy atom. The zero-order chi connectivity index (χ0) is 10.3. The van der Waals surface area contributed by atoms with Crippen molar-refractivity contribution in [3.63, 3.8) is 0 Å². The number of nitrogens with zero attached hydrogens (tertiary/aromatic N) is 1. The van der Waals surface area contributed by atoms with Gasteiger partial charge in [-0.25, -0.2) is 4.98 Å². The van der Waals surface area contributed by atoms with Crippen molar-refractivity contribution in [3.8, 4) is 0 Å². The maximum atomic E-state index is 11.0. The van der Waals surface area contributed by atoms with Crippen LogP contribution in [0.5, 0.6) is 0 Å². The molecule has 0 fully saturated rings. The van der Waals surface area contributed by atoms with Crippen LogP contribution in [0.15, 0.2) is 12.1 Å². The Balaban J connectivity index is 2.80. The van der Waals surface area contributed by atoms with Crippen LogP contribution in [-0.4, -0.2) is 10.9 Å². The lowest BCUT2D eigenvalue weighted by atomic mass is 10.2. The standard InChI is InChI=1S/C9H7ClN2OS/c1-4-12-8-6(14-4)3-2-5(7(8)10)9(11)13/h2-3H,1H3,(H2,11,13). The fourth-order valence-electron chi connectivity index (χ4n) is 1.26. The molecule has 0 radical (unpaired) electrons. The molecule has 3 nitrogen and oxygen atoms in total. The summed E-state index contributed by atoms with van der Waals surface area (Å²) in [6.07, 6.45) is 0. The van der Waals surface area contributed by atoms with Gasteiger partial charge in [-0.05, 0) is 19.1 Å². The normalized spacial score (nSPS) is 10.7. The number of thiazole rings is 1. The summed E-state index contributed by atoms with van der Waals surface area (Å²) in [5.41, 5.74) is 6.15. The summed E-state index contributed by atoms with van der Waals surface area (Å²) in [5.74, 6) is -0.525. The van der Waals surface area contributed by atoms with Crippen LogP contribution in [0.2, 0.25) is 5.02 Å². The second-order valence-corrected chi connectivity index (χ2v) is 4.48. The van der Waals surface area contributed by atoms with Crippen LogP contribution in [-0.2, 0) is 0 Å². The molecule has 1 amide bonds. The first-order valence-electron chi connectivity index (χ1n) is 3.95. The molecule has 1 aromatic carbocycles. The first-order valence-corrected chi connectivity index (χ1v) is 5.14. The quantitative estimate of drug-likeness (QED) is 0.812. The van der Waals surface area contributed by atoms with E-state index in [2.05, 4.69) is 4.98 Å². The minimum absolute atomic E-state index is 0.324. The summed E-state index contributed by atoms with van der Waals surface area (Å²) in [6.45, 7) is 1.89. The van der Waals surface area contributed by atoms with Gasteiger partial charge in [0.1, 0.15) is 5.52 Å². The predicted molar refractivity (Wildman–Crippen MR) is 57.9 cm³/mol. The molecule has 2 aromatic rings. The largest absolute Gasteiger partial charge is 0.366 e. The van der Waals surface area contributed by atoms with Crippen molar-refractivity contribution < 1.29 is 4.79 Å². The lowest BCUT2D eigenvalue weighted by molar-refractivity contribution is 0.100. The van der Waals surface area contributed by atoms with Crippen molar-refractivity contribution in [1.29, 1.82) is 0 Å². The number of hydrogen-bond donors (Lipinski definition) is 1. The average Bonchev–Trinajstić information content (AvgIpc) is 2.46. The molecule has 0 unspecified atom stereocenters. The molecule has 0 aliphatic rings. The number of carbonyl (C=O) groups excluding carboxylic acids is 1. The second-order valence-electron chi connectivity index (χ2n) is 2.87. The molecule has 1 aromatic heterocycles. The summed E-state index contributed by atoms with van der Waals surface area (Å²) in [4.78, 5) is 15.2. The molecule has 14 heavy (non-hydrogen) atoms. The minimum Gasteiger partial charge on any atom is -0.366 e. The van der Waals surface area contributed by atoms with Crippen LogP contribution in [0.3, 0.4) is 0 Å². The third kappa shape index (κ3) is 1.36. The van der Waals surface area contributed by atoms with E-state index in [4.69, 9.17) is 17.3 Å². The van der Waals surface area contributed by atoms with E-state index in [1.165, 1.54) is 11.3 Å². The highest BCUT2D eigenvalue weighted by Gasteiger charge is 2.12. The van der Waals surface area contributed by atoms with Crippen LogP contribution >= 0.6 is 22.9 Å². The highest BCUT2D eigenvalue weighted by atomic mass is 35.5. The number of fused-ring (bicyclic) bond motifs is 1. The maximum absolute atomic E-state index is 11.0. The van der Waals surface area contributed by atoms with Crippen molar-refractivity contribution >= 4 is 39.1 Å². The van der Waals surface area contributed by atoms with Crippen LogP contribution in [0.4, 0.5) is 0 Å². The number of hydrogen-bond acceptors (Lipinski definition) is 3. The van der Waals surface area contributed by atoms with Gasteiger partial charge in [-0.3, -0.25) is 4.79 Å². The zero-order valence-corrected chi connectivity index (χ0v) is 8.95. The van der Waals surface area contributed by atoms with E-state index in [1.807, 2.05) is 13.0 Å². The van der Waals surface area contributed by atoms with E-state index in [9.17, 15) is 4.79 Å². The van der Waals surface area contributed by atoms with Gasteiger partial charge in [-0.15, -0.1) is 11.3 Å². The summed E-state index contributed by atoms with van der Waals surface area (Å²) < 4.78 is 0.970. The maximum Gasteiger partial charge on any atom is 0.250 e. The first-order chi connectivity index (χ1) is 6.59. The van der Waals surface area contributed by atoms with Crippen molar-refractivity contribution in [3.05, 3.63) is 27.7 Å². The number of carbonyl (C=O) groups is 1. The second kappa shape index (κ2) is 3.22. The number of primary amides is 1. The number of amides is 1. The molecule has 0 saturated carbocycles. The van der Waals surface area contributed by atoms with Crippen LogP contribution < -0.4 is 5.73 Å². The van der Waals surface area contributed by atoms with Gasteiger partial charge < -0.3 is 5.73 Å². The Bertz CT molecular complexity index is 521. The van der Waals surface area contributed by atoms with Crippen LogP contribution in [0.25, 0.3) is 10.2 Å². The first kappa shape index (κ1) is 9.43. The van der Waals surface area contributed by atoms with Gasteiger partial charge in [0.05, 0.1) is 20.3 Å². The highest BCUT2D eigenvalue weighted by molar-refractivity contribution is 7.18. The Morgan fingerprint density at radius 3 is 2.93 bits per heavy atom. The van der Waals surface area contributed by atoms with E-state index in [0.717, 1.165) is 9.71 Å². The molecular weight excluding hydrogens is 220 g/mol. The lowest BCUT2D eigenvalue weighted by Gasteiger charge is -1.98. The van der Waals surface area contributed by atoms with Gasteiger partial charge >= 0.3 is 0 Å². The third-order valence-electron chi connectivity index (χ3n) is 1.87. The Morgan fingerprint density at radius 1 is 1.57 bits per heavy atom. The summed E-state index contributed by atoms with van der Waals surface area (Å²) in [7, 11) is 0. The number of rotatable bonds is 1. The van der Waals surface area contributed by atoms with Crippen molar-refractivity contribution in [2.75, 3.05) is 0 Å². The van der Waals surface area contributed by atoms with E-state index >= 15 is 0 Å². The molecular formula is C9H7ClN2OS. The van der Waals surface area contributed by atoms with Gasteiger partial charge in [-0.2, -0.15) is 0 Å². The van der Waals surface area contributed by atoms with Crippen molar-refractivity contribution in [2.24, 2.45) is 5.73 Å². The number of aromatic nitrogens is 1. The molecule has 0 atom stereocenters. The van der Waals surface area contributed by atoms with E-state index in [1.54, 1.807) is 6.07 Å². The van der Waals surface area contributed by atoms with Crippen molar-refractivity contribution in [1.82, 2.24) is 4.98 Å². The molecule has 2 N–H and O–H groups in total. The average molecular weight is 227 g/mol. The third-order valence-corrected chi connectivity index (χ3v) is 3.19. The Labute approximate surface area is 89.5 Å². The summed E-state index contributed by atoms with van der Waals surface area (Å²) >= 11 is 7.53. The minimum atomic E-state index is -0.525. The molecule has 5 heteroatoms. The number of nitrogens with two attached hydrogens (primary N) is 1. The fraction of sp³-hybridized carbons (Fsp3) is 0.111. The van der Waals surface area contributed by atoms with Gasteiger partial charge in [0.15, 0.2) is 0 Å². The summed E-state index contributed by atoms with van der Waals surface area (Å²) in [6, 6.07) is 3.44. The van der Waals surface area contributed by atoms with Crippen LogP contribution in [0, 0.1) is 6.92 Å². The predicted octanol–water partition coefficient (Wildman–Crippen LogP) is 2.36. The molecule has 0 saturated heterocycles. The zero-order valence-electron chi connectivity index (χ0n) is 7.37. The van der Waals surface area contributed by atoms with E-state index in [-0.39, 0.29) is 0 Å². The SMILES string of the molecule is Cc1nc2c(Cl)c(C(N)=O)ccc2s1. The van der Waals surface area contributed by atoms with Gasteiger partial charge in [0.25, 0.3) is 0 Å². The van der Waals surface area contributed by atoms with Gasteiger partial charge in [0, 0.05) is 0 Å². The number of benzene rings is 1. The highest BCUT2D eigenvalue weighted by Crippen LogP contribution is 2.30. The molecule has 72 valence electrons. The van der Waals surface area contributed by atoms with E-state index in [0.29, 0.717) is 16.1 Å². The lowest BCUT2D eigenvalue weighted by Crippen LogP contribution is -2.11. The monoisotopic (exact) mass is 226 g/mol. The number of aryl methyl sites for hydroxylation is 1. The molecule has 0 spiro atoms. The van der Waals surface area contributed by atoms with Crippen LogP contribution in [0.1, 0.15) is 15.4 Å². The number of halogens is 1. The molecule has 1 heterocycles. The molecule has 0 aliphatic heterocycles. The smallest absolute Gasteiger partial charge is 0.250 e.